The minimum absolute atomic E-state index is 0.0406. The smallest absolute Gasteiger partial charge is 0.341 e. The molecule has 0 spiro atoms. The first kappa shape index (κ1) is 26.7. The molecular weight excluding hydrogens is 508 g/mol. The van der Waals surface area contributed by atoms with Gasteiger partial charge in [0, 0.05) is 17.5 Å². The number of carbonyl (C=O) groups is 5. The maximum atomic E-state index is 12.7. The van der Waals surface area contributed by atoms with Gasteiger partial charge in [-0.15, -0.1) is 11.3 Å². The molecule has 0 atom stereocenters. The largest absolute Gasteiger partial charge is 0.462 e. The monoisotopic (exact) mass is 534 g/mol. The number of amides is 3. The molecule has 10 heteroatoms. The molecule has 0 unspecified atom stereocenters. The van der Waals surface area contributed by atoms with Gasteiger partial charge >= 0.3 is 11.9 Å². The van der Waals surface area contributed by atoms with E-state index in [4.69, 9.17) is 9.47 Å². The summed E-state index contributed by atoms with van der Waals surface area (Å²) in [5, 5.41) is 4.64. The van der Waals surface area contributed by atoms with E-state index in [9.17, 15) is 24.0 Å². The van der Waals surface area contributed by atoms with Crippen LogP contribution in [-0.2, 0) is 14.3 Å². The Morgan fingerprint density at radius 3 is 2.32 bits per heavy atom. The van der Waals surface area contributed by atoms with Crippen molar-refractivity contribution in [1.82, 2.24) is 4.90 Å². The summed E-state index contributed by atoms with van der Waals surface area (Å²) >= 11 is 1.15. The van der Waals surface area contributed by atoms with Gasteiger partial charge in [-0.1, -0.05) is 44.2 Å². The lowest BCUT2D eigenvalue weighted by Crippen LogP contribution is -2.33. The molecule has 2 aromatic carbocycles. The second kappa shape index (κ2) is 11.4. The van der Waals surface area contributed by atoms with Crippen LogP contribution in [0.25, 0.3) is 11.1 Å². The molecule has 0 fully saturated rings. The summed E-state index contributed by atoms with van der Waals surface area (Å²) < 4.78 is 10.3. The molecule has 1 N–H and O–H groups in total. The van der Waals surface area contributed by atoms with E-state index < -0.39 is 36.3 Å². The molecule has 4 rings (SSSR count). The van der Waals surface area contributed by atoms with E-state index in [2.05, 4.69) is 5.32 Å². The van der Waals surface area contributed by atoms with Gasteiger partial charge in [-0.2, -0.15) is 0 Å². The zero-order valence-corrected chi connectivity index (χ0v) is 21.9. The van der Waals surface area contributed by atoms with Crippen LogP contribution in [0.15, 0.2) is 53.9 Å². The zero-order chi connectivity index (χ0) is 27.4. The van der Waals surface area contributed by atoms with Crippen LogP contribution in [0.4, 0.5) is 5.00 Å². The van der Waals surface area contributed by atoms with Crippen molar-refractivity contribution in [3.63, 3.8) is 0 Å². The van der Waals surface area contributed by atoms with Crippen molar-refractivity contribution in [2.45, 2.75) is 20.8 Å². The van der Waals surface area contributed by atoms with Crippen molar-refractivity contribution in [3.8, 4) is 11.1 Å². The summed E-state index contributed by atoms with van der Waals surface area (Å²) in [6.07, 6.45) is 0. The summed E-state index contributed by atoms with van der Waals surface area (Å²) in [5.41, 5.74) is 2.01. The van der Waals surface area contributed by atoms with Crippen molar-refractivity contribution in [1.29, 1.82) is 0 Å². The molecule has 0 saturated heterocycles. The maximum Gasteiger partial charge on any atom is 0.341 e. The molecule has 0 bridgehead atoms. The highest BCUT2D eigenvalue weighted by atomic mass is 32.1. The number of benzene rings is 2. The Morgan fingerprint density at radius 2 is 1.63 bits per heavy atom. The fourth-order valence-electron chi connectivity index (χ4n) is 4.01. The topological polar surface area (TPSA) is 119 Å². The van der Waals surface area contributed by atoms with E-state index in [0.29, 0.717) is 5.56 Å². The van der Waals surface area contributed by atoms with E-state index in [1.165, 1.54) is 18.2 Å². The Morgan fingerprint density at radius 1 is 0.921 bits per heavy atom. The number of carbonyl (C=O) groups excluding carboxylic acids is 5. The van der Waals surface area contributed by atoms with Gasteiger partial charge in [-0.25, -0.2) is 9.59 Å². The summed E-state index contributed by atoms with van der Waals surface area (Å²) in [4.78, 5) is 64.3. The second-order valence-electron chi connectivity index (χ2n) is 8.94. The van der Waals surface area contributed by atoms with Crippen LogP contribution in [0.3, 0.4) is 0 Å². The van der Waals surface area contributed by atoms with E-state index in [1.807, 2.05) is 44.2 Å². The first-order valence-electron chi connectivity index (χ1n) is 12.0. The lowest BCUT2D eigenvalue weighted by molar-refractivity contribution is -0.119. The lowest BCUT2D eigenvalue weighted by atomic mass is 10.0. The normalized spacial score (nSPS) is 12.5. The number of nitrogens with one attached hydrogen (secondary N) is 1. The predicted octanol–water partition coefficient (Wildman–Crippen LogP) is 4.64. The Hall–Kier alpha value is -4.31. The van der Waals surface area contributed by atoms with Gasteiger partial charge in [0.2, 0.25) is 0 Å². The Labute approximate surface area is 223 Å². The quantitative estimate of drug-likeness (QED) is 0.314. The number of anilines is 1. The summed E-state index contributed by atoms with van der Waals surface area (Å²) in [6.45, 7) is 5.29. The predicted molar refractivity (Wildman–Crippen MR) is 141 cm³/mol. The van der Waals surface area contributed by atoms with Crippen LogP contribution in [-0.4, -0.2) is 54.3 Å². The average Bonchev–Trinajstić information content (AvgIpc) is 3.42. The number of rotatable bonds is 9. The minimum atomic E-state index is -0.827. The van der Waals surface area contributed by atoms with Gasteiger partial charge < -0.3 is 14.8 Å². The highest BCUT2D eigenvalue weighted by Gasteiger charge is 2.36. The van der Waals surface area contributed by atoms with Crippen LogP contribution in [0.1, 0.15) is 62.2 Å². The van der Waals surface area contributed by atoms with E-state index in [-0.39, 0.29) is 46.3 Å². The molecule has 38 heavy (non-hydrogen) atoms. The molecule has 1 aromatic heterocycles. The summed E-state index contributed by atoms with van der Waals surface area (Å²) in [5.74, 6) is -2.83. The van der Waals surface area contributed by atoms with E-state index in [0.717, 1.165) is 21.8 Å². The van der Waals surface area contributed by atoms with Gasteiger partial charge in [0.1, 0.15) is 10.6 Å². The van der Waals surface area contributed by atoms with Crippen molar-refractivity contribution in [2.24, 2.45) is 5.92 Å². The Balaban J connectivity index is 1.45. The molecule has 0 saturated carbocycles. The lowest BCUT2D eigenvalue weighted by Gasteiger charge is -2.15. The fraction of sp³-hybridized carbons (Fsp3) is 0.250. The van der Waals surface area contributed by atoms with Crippen molar-refractivity contribution >= 4 is 46.0 Å². The van der Waals surface area contributed by atoms with Crippen LogP contribution in [0, 0.1) is 5.92 Å². The number of hydrogen-bond acceptors (Lipinski definition) is 8. The SMILES string of the molecule is CCOC(=O)c1c(-c2ccccc2)csc1NC(=O)COC(=O)c1ccc2c(c1)C(=O)N(CC(C)C)C2=O. The number of ether oxygens (including phenoxy) is 2. The molecule has 3 amide bonds. The summed E-state index contributed by atoms with van der Waals surface area (Å²) in [6, 6.07) is 13.3. The number of thiophene rings is 1. The molecule has 1 aliphatic rings. The maximum absolute atomic E-state index is 12.7. The van der Waals surface area contributed by atoms with Gasteiger partial charge in [0.05, 0.1) is 23.3 Å². The number of nitrogens with zero attached hydrogens (tertiary/aromatic N) is 1. The van der Waals surface area contributed by atoms with Crippen molar-refractivity contribution < 1.29 is 33.4 Å². The number of imide groups is 1. The molecule has 196 valence electrons. The zero-order valence-electron chi connectivity index (χ0n) is 21.1. The van der Waals surface area contributed by atoms with Gasteiger partial charge in [-0.05, 0) is 36.6 Å². The number of esters is 2. The van der Waals surface area contributed by atoms with Crippen molar-refractivity contribution in [3.05, 3.63) is 76.2 Å². The molecule has 2 heterocycles. The molecule has 0 aliphatic carbocycles. The molecule has 3 aromatic rings. The highest BCUT2D eigenvalue weighted by molar-refractivity contribution is 7.15. The van der Waals surface area contributed by atoms with Crippen molar-refractivity contribution in [2.75, 3.05) is 25.1 Å². The Kier molecular flexibility index (Phi) is 8.02. The first-order valence-corrected chi connectivity index (χ1v) is 12.9. The van der Waals surface area contributed by atoms with Gasteiger partial charge in [0.15, 0.2) is 6.61 Å². The molecular formula is C28H26N2O7S. The first-order chi connectivity index (χ1) is 18.2. The minimum Gasteiger partial charge on any atom is -0.462 e. The molecule has 9 nitrogen and oxygen atoms in total. The van der Waals surface area contributed by atoms with Gasteiger partial charge in [-0.3, -0.25) is 19.3 Å². The second-order valence-corrected chi connectivity index (χ2v) is 9.82. The third kappa shape index (κ3) is 5.50. The molecule has 1 aliphatic heterocycles. The van der Waals surface area contributed by atoms with Gasteiger partial charge in [0.25, 0.3) is 17.7 Å². The third-order valence-electron chi connectivity index (χ3n) is 5.70. The van der Waals surface area contributed by atoms with Crippen LogP contribution < -0.4 is 5.32 Å². The van der Waals surface area contributed by atoms with Crippen LogP contribution in [0.2, 0.25) is 0 Å². The molecule has 0 radical (unpaired) electrons. The highest BCUT2D eigenvalue weighted by Crippen LogP contribution is 2.36. The van der Waals surface area contributed by atoms with E-state index >= 15 is 0 Å². The van der Waals surface area contributed by atoms with Crippen LogP contribution >= 0.6 is 11.3 Å². The summed E-state index contributed by atoms with van der Waals surface area (Å²) in [7, 11) is 0. The van der Waals surface area contributed by atoms with E-state index in [1.54, 1.807) is 12.3 Å². The Bertz CT molecular complexity index is 1410. The standard InChI is InChI=1S/C28H26N2O7S/c1-4-36-28(35)23-21(17-8-6-5-7-9-17)15-38-24(23)29-22(31)14-37-27(34)18-10-11-19-20(12-18)26(33)30(25(19)32)13-16(2)3/h5-12,15-16H,4,13-14H2,1-3H3,(H,29,31). The number of hydrogen-bond donors (Lipinski definition) is 1. The fourth-order valence-corrected chi connectivity index (χ4v) is 4.99. The third-order valence-corrected chi connectivity index (χ3v) is 6.59. The number of fused-ring (bicyclic) bond motifs is 1. The average molecular weight is 535 g/mol. The van der Waals surface area contributed by atoms with Crippen LogP contribution in [0.5, 0.6) is 0 Å².